The van der Waals surface area contributed by atoms with Crippen LogP contribution in [0.2, 0.25) is 0 Å². The van der Waals surface area contributed by atoms with E-state index in [-0.39, 0.29) is 17.5 Å². The van der Waals surface area contributed by atoms with Crippen LogP contribution < -0.4 is 5.32 Å². The summed E-state index contributed by atoms with van der Waals surface area (Å²) in [5, 5.41) is 24.8. The molecule has 0 saturated heterocycles. The zero-order chi connectivity index (χ0) is 13.8. The largest absolute Gasteiger partial charge is 0.504 e. The Morgan fingerprint density at radius 1 is 1.16 bits per heavy atom. The molecule has 0 bridgehead atoms. The van der Waals surface area contributed by atoms with Crippen molar-refractivity contribution in [2.45, 2.75) is 26.4 Å². The van der Waals surface area contributed by atoms with Crippen LogP contribution in [0.4, 0.5) is 0 Å². The predicted molar refractivity (Wildman–Crippen MR) is 78.5 cm³/mol. The van der Waals surface area contributed by atoms with E-state index in [1.807, 2.05) is 12.1 Å². The Morgan fingerprint density at radius 2 is 1.95 bits per heavy atom. The number of benzene rings is 1. The average Bonchev–Trinajstić information content (AvgIpc) is 2.88. The van der Waals surface area contributed by atoms with Gasteiger partial charge >= 0.3 is 0 Å². The van der Waals surface area contributed by atoms with Gasteiger partial charge in [0, 0.05) is 23.0 Å². The van der Waals surface area contributed by atoms with Crippen molar-refractivity contribution in [3.05, 3.63) is 46.2 Å². The van der Waals surface area contributed by atoms with Gasteiger partial charge in [0.05, 0.1) is 0 Å². The number of hydrogen-bond acceptors (Lipinski definition) is 4. The molecule has 0 fully saturated rings. The topological polar surface area (TPSA) is 52.5 Å². The Morgan fingerprint density at radius 3 is 2.58 bits per heavy atom. The minimum Gasteiger partial charge on any atom is -0.504 e. The second-order valence-electron chi connectivity index (χ2n) is 4.90. The lowest BCUT2D eigenvalue weighted by molar-refractivity contribution is 0.386. The fourth-order valence-electron chi connectivity index (χ4n) is 2.07. The van der Waals surface area contributed by atoms with Gasteiger partial charge in [-0.3, -0.25) is 0 Å². The Kier molecular flexibility index (Phi) is 4.45. The predicted octanol–water partition coefficient (Wildman–Crippen LogP) is 3.65. The molecule has 1 heterocycles. The molecule has 19 heavy (non-hydrogen) atoms. The minimum absolute atomic E-state index is 0.0383. The number of thiophene rings is 1. The molecule has 3 nitrogen and oxygen atoms in total. The molecule has 0 aliphatic rings. The van der Waals surface area contributed by atoms with Gasteiger partial charge in [0.25, 0.3) is 0 Å². The fourth-order valence-corrected chi connectivity index (χ4v) is 3.05. The smallest absolute Gasteiger partial charge is 0.161 e. The SMILES string of the molecule is CC(C)C(NCc1cccc(O)c1O)c1cccs1. The van der Waals surface area contributed by atoms with Gasteiger partial charge in [0.1, 0.15) is 0 Å². The molecule has 2 rings (SSSR count). The maximum Gasteiger partial charge on any atom is 0.161 e. The second-order valence-corrected chi connectivity index (χ2v) is 5.88. The Bertz CT molecular complexity index is 523. The number of rotatable bonds is 5. The first-order valence-electron chi connectivity index (χ1n) is 6.36. The van der Waals surface area contributed by atoms with E-state index in [0.29, 0.717) is 18.0 Å². The summed E-state index contributed by atoms with van der Waals surface area (Å²) in [6.45, 7) is 4.86. The number of phenols is 2. The molecule has 1 aromatic carbocycles. The highest BCUT2D eigenvalue weighted by molar-refractivity contribution is 7.10. The van der Waals surface area contributed by atoms with E-state index in [1.165, 1.54) is 10.9 Å². The highest BCUT2D eigenvalue weighted by Crippen LogP contribution is 2.30. The number of hydrogen-bond donors (Lipinski definition) is 3. The van der Waals surface area contributed by atoms with Gasteiger partial charge < -0.3 is 15.5 Å². The summed E-state index contributed by atoms with van der Waals surface area (Å²) in [5.74, 6) is 0.346. The first-order chi connectivity index (χ1) is 9.09. The Labute approximate surface area is 117 Å². The van der Waals surface area contributed by atoms with E-state index in [2.05, 4.69) is 30.6 Å². The summed E-state index contributed by atoms with van der Waals surface area (Å²) in [6, 6.07) is 9.45. The lowest BCUT2D eigenvalue weighted by atomic mass is 10.0. The summed E-state index contributed by atoms with van der Waals surface area (Å²) >= 11 is 1.73. The zero-order valence-corrected chi connectivity index (χ0v) is 11.9. The standard InChI is InChI=1S/C15H19NO2S/c1-10(2)14(13-7-4-8-19-13)16-9-11-5-3-6-12(17)15(11)18/h3-8,10,14,16-18H,9H2,1-2H3. The van der Waals surface area contributed by atoms with Crippen molar-refractivity contribution in [2.75, 3.05) is 0 Å². The summed E-state index contributed by atoms with van der Waals surface area (Å²) in [5.41, 5.74) is 0.710. The number of phenolic OH excluding ortho intramolecular Hbond substituents is 2. The normalized spacial score (nSPS) is 12.8. The third-order valence-corrected chi connectivity index (χ3v) is 4.08. The molecule has 3 N–H and O–H groups in total. The number of para-hydroxylation sites is 1. The molecule has 0 amide bonds. The van der Waals surface area contributed by atoms with Gasteiger partial charge in [-0.1, -0.05) is 32.0 Å². The molecule has 0 aliphatic heterocycles. The van der Waals surface area contributed by atoms with Crippen LogP contribution in [0, 0.1) is 5.92 Å². The highest BCUT2D eigenvalue weighted by atomic mass is 32.1. The van der Waals surface area contributed by atoms with E-state index in [9.17, 15) is 10.2 Å². The number of nitrogens with one attached hydrogen (secondary N) is 1. The van der Waals surface area contributed by atoms with Crippen molar-refractivity contribution >= 4 is 11.3 Å². The average molecular weight is 277 g/mol. The van der Waals surface area contributed by atoms with Crippen LogP contribution in [0.3, 0.4) is 0 Å². The van der Waals surface area contributed by atoms with Crippen molar-refractivity contribution in [3.63, 3.8) is 0 Å². The van der Waals surface area contributed by atoms with Crippen molar-refractivity contribution < 1.29 is 10.2 Å². The third kappa shape index (κ3) is 3.28. The van der Waals surface area contributed by atoms with Gasteiger partial charge in [-0.15, -0.1) is 11.3 Å². The van der Waals surface area contributed by atoms with Crippen molar-refractivity contribution in [3.8, 4) is 11.5 Å². The van der Waals surface area contributed by atoms with Crippen LogP contribution in [0.15, 0.2) is 35.7 Å². The van der Waals surface area contributed by atoms with E-state index in [4.69, 9.17) is 0 Å². The molecule has 1 unspecified atom stereocenters. The lowest BCUT2D eigenvalue weighted by Gasteiger charge is -2.21. The Hall–Kier alpha value is -1.52. The summed E-state index contributed by atoms with van der Waals surface area (Å²) < 4.78 is 0. The monoisotopic (exact) mass is 277 g/mol. The third-order valence-electron chi connectivity index (χ3n) is 3.13. The zero-order valence-electron chi connectivity index (χ0n) is 11.1. The van der Waals surface area contributed by atoms with Gasteiger partial charge in [0.2, 0.25) is 0 Å². The molecule has 1 atom stereocenters. The maximum atomic E-state index is 9.79. The van der Waals surface area contributed by atoms with Crippen LogP contribution in [0.25, 0.3) is 0 Å². The van der Waals surface area contributed by atoms with Gasteiger partial charge in [-0.2, -0.15) is 0 Å². The van der Waals surface area contributed by atoms with Crippen LogP contribution in [-0.2, 0) is 6.54 Å². The van der Waals surface area contributed by atoms with Gasteiger partial charge in [-0.25, -0.2) is 0 Å². The molecule has 0 saturated carbocycles. The van der Waals surface area contributed by atoms with Crippen LogP contribution >= 0.6 is 11.3 Å². The van der Waals surface area contributed by atoms with Crippen molar-refractivity contribution in [1.29, 1.82) is 0 Å². The molecule has 0 radical (unpaired) electrons. The lowest BCUT2D eigenvalue weighted by Crippen LogP contribution is -2.24. The van der Waals surface area contributed by atoms with E-state index < -0.39 is 0 Å². The quantitative estimate of drug-likeness (QED) is 0.731. The molecular weight excluding hydrogens is 258 g/mol. The van der Waals surface area contributed by atoms with E-state index in [0.717, 1.165) is 0 Å². The molecule has 2 aromatic rings. The first kappa shape index (κ1) is 13.9. The molecule has 0 spiro atoms. The number of aromatic hydroxyl groups is 2. The second kappa shape index (κ2) is 6.08. The summed E-state index contributed by atoms with van der Waals surface area (Å²) in [6.07, 6.45) is 0. The molecule has 1 aromatic heterocycles. The van der Waals surface area contributed by atoms with Crippen molar-refractivity contribution in [1.82, 2.24) is 5.32 Å². The summed E-state index contributed by atoms with van der Waals surface area (Å²) in [4.78, 5) is 1.29. The molecule has 102 valence electrons. The summed E-state index contributed by atoms with van der Waals surface area (Å²) in [7, 11) is 0. The molecule has 4 heteroatoms. The minimum atomic E-state index is -0.0727. The molecular formula is C15H19NO2S. The fraction of sp³-hybridized carbons (Fsp3) is 0.333. The first-order valence-corrected chi connectivity index (χ1v) is 7.24. The molecule has 0 aliphatic carbocycles. The van der Waals surface area contributed by atoms with E-state index in [1.54, 1.807) is 17.4 Å². The maximum absolute atomic E-state index is 9.79. The van der Waals surface area contributed by atoms with Crippen LogP contribution in [0.1, 0.15) is 30.3 Å². The van der Waals surface area contributed by atoms with Gasteiger partial charge in [0.15, 0.2) is 11.5 Å². The highest BCUT2D eigenvalue weighted by Gasteiger charge is 2.17. The van der Waals surface area contributed by atoms with Crippen LogP contribution in [0.5, 0.6) is 11.5 Å². The van der Waals surface area contributed by atoms with Crippen LogP contribution in [-0.4, -0.2) is 10.2 Å². The Balaban J connectivity index is 2.09. The van der Waals surface area contributed by atoms with Crippen molar-refractivity contribution in [2.24, 2.45) is 5.92 Å². The van der Waals surface area contributed by atoms with E-state index >= 15 is 0 Å². The van der Waals surface area contributed by atoms with Gasteiger partial charge in [-0.05, 0) is 23.4 Å².